The van der Waals surface area contributed by atoms with Crippen LogP contribution in [0.15, 0.2) is 84.9 Å². The Hall–Kier alpha value is -3.48. The van der Waals surface area contributed by atoms with E-state index in [1.165, 1.54) is 12.0 Å². The highest BCUT2D eigenvalue weighted by Crippen LogP contribution is 2.51. The van der Waals surface area contributed by atoms with Crippen LogP contribution in [0.1, 0.15) is 16.7 Å². The summed E-state index contributed by atoms with van der Waals surface area (Å²) in [7, 11) is 1.29. The van der Waals surface area contributed by atoms with Gasteiger partial charge < -0.3 is 4.74 Å². The molecule has 0 spiro atoms. The summed E-state index contributed by atoms with van der Waals surface area (Å²) in [5.74, 6) is -3.00. The maximum absolute atomic E-state index is 14.0. The molecule has 2 saturated heterocycles. The molecule has 0 bridgehead atoms. The van der Waals surface area contributed by atoms with Gasteiger partial charge in [-0.2, -0.15) is 0 Å². The molecule has 1 N–H and O–H groups in total. The van der Waals surface area contributed by atoms with Crippen molar-refractivity contribution in [2.45, 2.75) is 18.1 Å². The molecule has 5 rings (SSSR count). The SMILES string of the molecule is COC(=O)[C@@H]1NC(c2ccccc2)(c2ccccc2)[C@H]2C(=O)N(Cc3ccc(Cl)cc3)C(=O)[C@@H]12. The second kappa shape index (κ2) is 8.70. The van der Waals surface area contributed by atoms with Crippen molar-refractivity contribution in [3.05, 3.63) is 107 Å². The molecule has 7 heteroatoms. The van der Waals surface area contributed by atoms with Crippen LogP contribution in [0, 0.1) is 11.8 Å². The van der Waals surface area contributed by atoms with Gasteiger partial charge in [0.2, 0.25) is 11.8 Å². The fourth-order valence-electron chi connectivity index (χ4n) is 5.32. The van der Waals surface area contributed by atoms with E-state index in [1.54, 1.807) is 24.3 Å². The van der Waals surface area contributed by atoms with Gasteiger partial charge in [0.05, 0.1) is 31.0 Å². The standard InChI is InChI=1S/C27H23ClN2O4/c1-34-26(33)23-21-22(25(32)30(24(21)31)16-17-12-14-20(28)15-13-17)27(29-23,18-8-4-2-5-9-18)19-10-6-3-7-11-19/h2-15,21-23,29H,16H2,1H3/t21-,22-,23-/m1/s1. The Balaban J connectivity index is 1.66. The van der Waals surface area contributed by atoms with E-state index in [0.717, 1.165) is 16.7 Å². The molecule has 2 heterocycles. The summed E-state index contributed by atoms with van der Waals surface area (Å²) in [4.78, 5) is 41.8. The number of benzene rings is 3. The van der Waals surface area contributed by atoms with Crippen LogP contribution >= 0.6 is 11.6 Å². The van der Waals surface area contributed by atoms with Crippen molar-refractivity contribution in [2.24, 2.45) is 11.8 Å². The minimum atomic E-state index is -1.08. The molecule has 0 aromatic heterocycles. The van der Waals surface area contributed by atoms with E-state index in [0.29, 0.717) is 5.02 Å². The Labute approximate surface area is 202 Å². The van der Waals surface area contributed by atoms with Gasteiger partial charge in [-0.05, 0) is 28.8 Å². The maximum atomic E-state index is 14.0. The van der Waals surface area contributed by atoms with Crippen LogP contribution in [0.4, 0.5) is 0 Å². The molecule has 2 fully saturated rings. The number of likely N-dealkylation sites (tertiary alicyclic amines) is 1. The molecule has 2 aliphatic rings. The zero-order valence-corrected chi connectivity index (χ0v) is 19.2. The number of methoxy groups -OCH3 is 1. The smallest absolute Gasteiger partial charge is 0.323 e. The molecule has 3 atom stereocenters. The highest BCUT2D eigenvalue weighted by atomic mass is 35.5. The van der Waals surface area contributed by atoms with Crippen LogP contribution < -0.4 is 5.32 Å². The van der Waals surface area contributed by atoms with E-state index in [4.69, 9.17) is 16.3 Å². The number of hydrogen-bond acceptors (Lipinski definition) is 5. The van der Waals surface area contributed by atoms with Crippen LogP contribution in [0.3, 0.4) is 0 Å². The highest BCUT2D eigenvalue weighted by Gasteiger charge is 2.68. The first-order chi connectivity index (χ1) is 16.5. The van der Waals surface area contributed by atoms with E-state index >= 15 is 0 Å². The lowest BCUT2D eigenvalue weighted by atomic mass is 9.72. The summed E-state index contributed by atoms with van der Waals surface area (Å²) in [5.41, 5.74) is 1.31. The molecule has 2 aliphatic heterocycles. The van der Waals surface area contributed by atoms with E-state index in [2.05, 4.69) is 5.32 Å². The summed E-state index contributed by atoms with van der Waals surface area (Å²) >= 11 is 6.00. The Morgan fingerprint density at radius 1 is 0.912 bits per heavy atom. The predicted molar refractivity (Wildman–Crippen MR) is 127 cm³/mol. The average Bonchev–Trinajstić information content (AvgIpc) is 3.36. The summed E-state index contributed by atoms with van der Waals surface area (Å²) in [6.45, 7) is 0.107. The number of esters is 1. The summed E-state index contributed by atoms with van der Waals surface area (Å²) < 4.78 is 5.06. The fraction of sp³-hybridized carbons (Fsp3) is 0.222. The number of ether oxygens (including phenoxy) is 1. The molecule has 3 aromatic rings. The van der Waals surface area contributed by atoms with Gasteiger partial charge in [-0.25, -0.2) is 0 Å². The topological polar surface area (TPSA) is 75.7 Å². The molecule has 172 valence electrons. The molecular weight excluding hydrogens is 452 g/mol. The number of rotatable bonds is 5. The zero-order valence-electron chi connectivity index (χ0n) is 18.5. The lowest BCUT2D eigenvalue weighted by molar-refractivity contribution is -0.148. The van der Waals surface area contributed by atoms with Gasteiger partial charge in [0.15, 0.2) is 0 Å². The molecule has 0 radical (unpaired) electrons. The van der Waals surface area contributed by atoms with Crippen LogP contribution in [-0.2, 0) is 31.2 Å². The number of amides is 2. The summed E-state index contributed by atoms with van der Waals surface area (Å²) in [5, 5.41) is 3.95. The average molecular weight is 475 g/mol. The quantitative estimate of drug-likeness (QED) is 0.452. The van der Waals surface area contributed by atoms with E-state index in [9.17, 15) is 14.4 Å². The molecule has 3 aromatic carbocycles. The van der Waals surface area contributed by atoms with Gasteiger partial charge in [-0.15, -0.1) is 0 Å². The van der Waals surface area contributed by atoms with E-state index < -0.39 is 29.4 Å². The zero-order chi connectivity index (χ0) is 23.9. The van der Waals surface area contributed by atoms with Crippen molar-refractivity contribution in [3.8, 4) is 0 Å². The first-order valence-electron chi connectivity index (χ1n) is 11.0. The second-order valence-electron chi connectivity index (χ2n) is 8.58. The monoisotopic (exact) mass is 474 g/mol. The normalized spacial score (nSPS) is 23.1. The molecule has 34 heavy (non-hydrogen) atoms. The van der Waals surface area contributed by atoms with Crippen LogP contribution in [0.2, 0.25) is 5.02 Å². The summed E-state index contributed by atoms with van der Waals surface area (Å²) in [6.07, 6.45) is 0. The largest absolute Gasteiger partial charge is 0.468 e. The number of nitrogens with zero attached hydrogens (tertiary/aromatic N) is 1. The van der Waals surface area contributed by atoms with Gasteiger partial charge >= 0.3 is 5.97 Å². The highest BCUT2D eigenvalue weighted by molar-refractivity contribution is 6.30. The third-order valence-corrected chi connectivity index (χ3v) is 7.07. The van der Waals surface area contributed by atoms with Crippen LogP contribution in [0.25, 0.3) is 0 Å². The Morgan fingerprint density at radius 2 is 1.47 bits per heavy atom. The predicted octanol–water partition coefficient (Wildman–Crippen LogP) is 3.53. The number of fused-ring (bicyclic) bond motifs is 1. The van der Waals surface area contributed by atoms with Gasteiger partial charge in [-0.3, -0.25) is 24.6 Å². The van der Waals surface area contributed by atoms with Crippen molar-refractivity contribution < 1.29 is 19.1 Å². The van der Waals surface area contributed by atoms with Crippen LogP contribution in [0.5, 0.6) is 0 Å². The molecule has 0 aliphatic carbocycles. The second-order valence-corrected chi connectivity index (χ2v) is 9.01. The lowest BCUT2D eigenvalue weighted by Crippen LogP contribution is -2.51. The molecule has 2 amide bonds. The molecule has 6 nitrogen and oxygen atoms in total. The molecule has 0 unspecified atom stereocenters. The van der Waals surface area contributed by atoms with Crippen molar-refractivity contribution in [1.29, 1.82) is 0 Å². The molecule has 0 saturated carbocycles. The van der Waals surface area contributed by atoms with E-state index in [-0.39, 0.29) is 18.4 Å². The van der Waals surface area contributed by atoms with Gasteiger partial charge in [0, 0.05) is 5.02 Å². The maximum Gasteiger partial charge on any atom is 0.323 e. The number of halogens is 1. The van der Waals surface area contributed by atoms with Crippen molar-refractivity contribution in [2.75, 3.05) is 7.11 Å². The van der Waals surface area contributed by atoms with E-state index in [1.807, 2.05) is 60.7 Å². The Kier molecular flexibility index (Phi) is 5.71. The lowest BCUT2D eigenvalue weighted by Gasteiger charge is -2.36. The molecular formula is C27H23ClN2O4. The number of imide groups is 1. The number of carbonyl (C=O) groups excluding carboxylic acids is 3. The first-order valence-corrected chi connectivity index (χ1v) is 11.4. The van der Waals surface area contributed by atoms with Crippen LogP contribution in [-0.4, -0.2) is 35.8 Å². The van der Waals surface area contributed by atoms with Gasteiger partial charge in [0.25, 0.3) is 0 Å². The first kappa shape index (κ1) is 22.3. The fourth-order valence-corrected chi connectivity index (χ4v) is 5.45. The minimum absolute atomic E-state index is 0.107. The van der Waals surface area contributed by atoms with Crippen molar-refractivity contribution in [1.82, 2.24) is 10.2 Å². The number of hydrogen-bond donors (Lipinski definition) is 1. The Morgan fingerprint density at radius 3 is 2.00 bits per heavy atom. The van der Waals surface area contributed by atoms with Gasteiger partial charge in [0.1, 0.15) is 6.04 Å². The minimum Gasteiger partial charge on any atom is -0.468 e. The number of carbonyl (C=O) groups is 3. The number of nitrogens with one attached hydrogen (secondary N) is 1. The third kappa shape index (κ3) is 3.42. The summed E-state index contributed by atoms with van der Waals surface area (Å²) in [6, 6.07) is 25.0. The van der Waals surface area contributed by atoms with Gasteiger partial charge in [-0.1, -0.05) is 84.4 Å². The van der Waals surface area contributed by atoms with Crippen molar-refractivity contribution in [3.63, 3.8) is 0 Å². The third-order valence-electron chi connectivity index (χ3n) is 6.82. The van der Waals surface area contributed by atoms with Crippen molar-refractivity contribution >= 4 is 29.4 Å². The Bertz CT molecular complexity index is 1190.